The van der Waals surface area contributed by atoms with Gasteiger partial charge in [0.05, 0.1) is 17.7 Å². The monoisotopic (exact) mass is 285 g/mol. The Hall–Kier alpha value is -2.82. The number of aromatic hydroxyl groups is 1. The van der Waals surface area contributed by atoms with Crippen molar-refractivity contribution < 1.29 is 19.8 Å². The molecule has 5 heteroatoms. The maximum absolute atomic E-state index is 12.0. The number of rotatable bonds is 4. The number of nitrogens with one attached hydrogen (secondary N) is 1. The molecule has 0 saturated heterocycles. The Bertz CT molecular complexity index is 694. The van der Waals surface area contributed by atoms with E-state index in [9.17, 15) is 19.8 Å². The van der Waals surface area contributed by atoms with Crippen molar-refractivity contribution in [3.63, 3.8) is 0 Å². The predicted octanol–water partition coefficient (Wildman–Crippen LogP) is 2.58. The van der Waals surface area contributed by atoms with Gasteiger partial charge in [-0.3, -0.25) is 4.79 Å². The zero-order chi connectivity index (χ0) is 15.4. The summed E-state index contributed by atoms with van der Waals surface area (Å²) < 4.78 is 0. The summed E-state index contributed by atoms with van der Waals surface area (Å²) in [7, 11) is 0. The highest BCUT2D eigenvalue weighted by atomic mass is 16.4. The molecule has 0 spiro atoms. The minimum absolute atomic E-state index is 0.0569. The molecular formula is C16H15NO4. The molecule has 3 N–H and O–H groups in total. The molecule has 0 atom stereocenters. The number of carboxylic acids is 1. The molecule has 108 valence electrons. The average molecular weight is 285 g/mol. The van der Waals surface area contributed by atoms with Gasteiger partial charge in [0.1, 0.15) is 5.75 Å². The molecule has 21 heavy (non-hydrogen) atoms. The summed E-state index contributed by atoms with van der Waals surface area (Å²) in [5.41, 5.74) is 1.59. The Labute approximate surface area is 121 Å². The van der Waals surface area contributed by atoms with Crippen LogP contribution in [0.4, 0.5) is 5.69 Å². The molecular weight excluding hydrogens is 270 g/mol. The van der Waals surface area contributed by atoms with Crippen LogP contribution in [-0.2, 0) is 11.2 Å². The molecule has 0 unspecified atom stereocenters. The van der Waals surface area contributed by atoms with Gasteiger partial charge < -0.3 is 15.5 Å². The molecule has 5 nitrogen and oxygen atoms in total. The molecule has 0 aliphatic heterocycles. The summed E-state index contributed by atoms with van der Waals surface area (Å²) in [5.74, 6) is -1.34. The summed E-state index contributed by atoms with van der Waals surface area (Å²) in [6.07, 6.45) is 0.0569. The first-order valence-corrected chi connectivity index (χ1v) is 6.38. The first kappa shape index (κ1) is 14.6. The highest BCUT2D eigenvalue weighted by Gasteiger charge is 2.15. The van der Waals surface area contributed by atoms with Gasteiger partial charge in [-0.05, 0) is 36.2 Å². The number of hydrogen-bond donors (Lipinski definition) is 3. The molecule has 0 fully saturated rings. The van der Waals surface area contributed by atoms with E-state index < -0.39 is 5.97 Å². The van der Waals surface area contributed by atoms with Crippen molar-refractivity contribution >= 4 is 17.6 Å². The van der Waals surface area contributed by atoms with Gasteiger partial charge in [0, 0.05) is 0 Å². The molecule has 0 saturated carbocycles. The molecule has 2 aromatic carbocycles. The number of hydrogen-bond acceptors (Lipinski definition) is 3. The van der Waals surface area contributed by atoms with E-state index in [0.717, 1.165) is 0 Å². The Morgan fingerprint density at radius 2 is 1.86 bits per heavy atom. The summed E-state index contributed by atoms with van der Waals surface area (Å²) in [6, 6.07) is 11.3. The second-order valence-corrected chi connectivity index (χ2v) is 4.70. The number of carboxylic acid groups (broad SMARTS) is 1. The van der Waals surface area contributed by atoms with Gasteiger partial charge >= 0.3 is 5.97 Å². The number of benzene rings is 2. The van der Waals surface area contributed by atoms with Gasteiger partial charge in [0.25, 0.3) is 0 Å². The number of phenolic OH excluding ortho intramolecular Hbond substituents is 1. The van der Waals surface area contributed by atoms with Crippen LogP contribution in [0.3, 0.4) is 0 Å². The SMILES string of the molecule is Cc1cccc(NC(=O)Cc2cccc(O)c2)c1C(=O)O. The normalized spacial score (nSPS) is 10.1. The van der Waals surface area contributed by atoms with E-state index >= 15 is 0 Å². The molecule has 0 aromatic heterocycles. The van der Waals surface area contributed by atoms with Crippen molar-refractivity contribution in [1.82, 2.24) is 0 Å². The van der Waals surface area contributed by atoms with Gasteiger partial charge in [-0.25, -0.2) is 4.79 Å². The van der Waals surface area contributed by atoms with Crippen molar-refractivity contribution in [3.05, 3.63) is 59.2 Å². The fourth-order valence-corrected chi connectivity index (χ4v) is 2.10. The lowest BCUT2D eigenvalue weighted by Gasteiger charge is -2.10. The second kappa shape index (κ2) is 6.09. The Morgan fingerprint density at radius 3 is 2.52 bits per heavy atom. The summed E-state index contributed by atoms with van der Waals surface area (Å²) >= 11 is 0. The zero-order valence-corrected chi connectivity index (χ0v) is 11.5. The topological polar surface area (TPSA) is 86.6 Å². The van der Waals surface area contributed by atoms with E-state index in [-0.39, 0.29) is 29.3 Å². The number of amides is 1. The first-order chi connectivity index (χ1) is 9.97. The smallest absolute Gasteiger partial charge is 0.338 e. The molecule has 2 rings (SSSR count). The minimum atomic E-state index is -1.08. The van der Waals surface area contributed by atoms with Crippen LogP contribution in [0.25, 0.3) is 0 Å². The maximum Gasteiger partial charge on any atom is 0.338 e. The summed E-state index contributed by atoms with van der Waals surface area (Å²) in [6.45, 7) is 1.67. The van der Waals surface area contributed by atoms with Crippen molar-refractivity contribution in [2.75, 3.05) is 5.32 Å². The fourth-order valence-electron chi connectivity index (χ4n) is 2.10. The van der Waals surface area contributed by atoms with Gasteiger partial charge in [-0.2, -0.15) is 0 Å². The predicted molar refractivity (Wildman–Crippen MR) is 78.6 cm³/mol. The molecule has 0 aliphatic rings. The van der Waals surface area contributed by atoms with Gasteiger partial charge in [0.2, 0.25) is 5.91 Å². The van der Waals surface area contributed by atoms with Crippen molar-refractivity contribution in [1.29, 1.82) is 0 Å². The van der Waals surface area contributed by atoms with Crippen LogP contribution in [-0.4, -0.2) is 22.1 Å². The van der Waals surface area contributed by atoms with E-state index in [1.54, 1.807) is 37.3 Å². The lowest BCUT2D eigenvalue weighted by molar-refractivity contribution is -0.115. The Kier molecular flexibility index (Phi) is 4.23. The maximum atomic E-state index is 12.0. The lowest BCUT2D eigenvalue weighted by Crippen LogP contribution is -2.17. The van der Waals surface area contributed by atoms with Crippen LogP contribution in [0.15, 0.2) is 42.5 Å². The van der Waals surface area contributed by atoms with E-state index in [4.69, 9.17) is 0 Å². The largest absolute Gasteiger partial charge is 0.508 e. The number of carbonyl (C=O) groups excluding carboxylic acids is 1. The van der Waals surface area contributed by atoms with Crippen LogP contribution in [0.1, 0.15) is 21.5 Å². The van der Waals surface area contributed by atoms with Crippen molar-refractivity contribution in [3.8, 4) is 5.75 Å². The van der Waals surface area contributed by atoms with E-state index in [1.807, 2.05) is 0 Å². The molecule has 0 aliphatic carbocycles. The third-order valence-electron chi connectivity index (χ3n) is 3.04. The zero-order valence-electron chi connectivity index (χ0n) is 11.5. The molecule has 2 aromatic rings. The standard InChI is InChI=1S/C16H15NO4/c1-10-4-2-7-13(15(10)16(20)21)17-14(19)9-11-5-3-6-12(18)8-11/h2-8,18H,9H2,1H3,(H,17,19)(H,20,21). The molecule has 0 radical (unpaired) electrons. The lowest BCUT2D eigenvalue weighted by atomic mass is 10.1. The highest BCUT2D eigenvalue weighted by molar-refractivity contribution is 6.02. The van der Waals surface area contributed by atoms with E-state index in [2.05, 4.69) is 5.32 Å². The fraction of sp³-hybridized carbons (Fsp3) is 0.125. The van der Waals surface area contributed by atoms with Crippen LogP contribution in [0.5, 0.6) is 5.75 Å². The number of phenols is 1. The average Bonchev–Trinajstić information content (AvgIpc) is 2.37. The third-order valence-corrected chi connectivity index (χ3v) is 3.04. The third kappa shape index (κ3) is 3.60. The van der Waals surface area contributed by atoms with Crippen LogP contribution < -0.4 is 5.32 Å². The number of carbonyl (C=O) groups is 2. The number of aryl methyl sites for hydroxylation is 1. The van der Waals surface area contributed by atoms with Crippen LogP contribution in [0.2, 0.25) is 0 Å². The quantitative estimate of drug-likeness (QED) is 0.805. The van der Waals surface area contributed by atoms with Gasteiger partial charge in [-0.15, -0.1) is 0 Å². The molecule has 0 heterocycles. The summed E-state index contributed by atoms with van der Waals surface area (Å²) in [4.78, 5) is 23.2. The first-order valence-electron chi connectivity index (χ1n) is 6.38. The Balaban J connectivity index is 2.17. The Morgan fingerprint density at radius 1 is 1.14 bits per heavy atom. The second-order valence-electron chi connectivity index (χ2n) is 4.70. The van der Waals surface area contributed by atoms with Crippen LogP contribution >= 0.6 is 0 Å². The van der Waals surface area contributed by atoms with Gasteiger partial charge in [-0.1, -0.05) is 24.3 Å². The molecule has 1 amide bonds. The highest BCUT2D eigenvalue weighted by Crippen LogP contribution is 2.20. The van der Waals surface area contributed by atoms with Gasteiger partial charge in [0.15, 0.2) is 0 Å². The number of aromatic carboxylic acids is 1. The van der Waals surface area contributed by atoms with Crippen LogP contribution in [0, 0.1) is 6.92 Å². The minimum Gasteiger partial charge on any atom is -0.508 e. The number of anilines is 1. The van der Waals surface area contributed by atoms with E-state index in [1.165, 1.54) is 12.1 Å². The summed E-state index contributed by atoms with van der Waals surface area (Å²) in [5, 5.41) is 21.2. The van der Waals surface area contributed by atoms with E-state index in [0.29, 0.717) is 11.1 Å². The van der Waals surface area contributed by atoms with Crippen molar-refractivity contribution in [2.24, 2.45) is 0 Å². The molecule has 0 bridgehead atoms. The van der Waals surface area contributed by atoms with Crippen molar-refractivity contribution in [2.45, 2.75) is 13.3 Å².